The van der Waals surface area contributed by atoms with E-state index in [4.69, 9.17) is 9.47 Å². The maximum Gasteiger partial charge on any atom is 0.247 e. The number of methoxy groups -OCH3 is 2. The van der Waals surface area contributed by atoms with E-state index >= 15 is 0 Å². The molecule has 2 aromatic carbocycles. The molecule has 1 saturated carbocycles. The molecule has 0 bridgehead atoms. The Bertz CT molecular complexity index is 1060. The molecule has 0 radical (unpaired) electrons. The third-order valence-corrected chi connectivity index (χ3v) is 8.04. The van der Waals surface area contributed by atoms with E-state index in [-0.39, 0.29) is 17.9 Å². The van der Waals surface area contributed by atoms with E-state index in [0.717, 1.165) is 49.9 Å². The van der Waals surface area contributed by atoms with Gasteiger partial charge >= 0.3 is 0 Å². The number of aliphatic hydroxyl groups is 1. The normalized spacial score (nSPS) is 23.9. The summed E-state index contributed by atoms with van der Waals surface area (Å²) < 4.78 is 10.7. The predicted octanol–water partition coefficient (Wildman–Crippen LogP) is 5.46. The third-order valence-electron chi connectivity index (χ3n) is 8.04. The van der Waals surface area contributed by atoms with Crippen molar-refractivity contribution in [3.8, 4) is 11.5 Å². The van der Waals surface area contributed by atoms with Gasteiger partial charge in [-0.1, -0.05) is 31.0 Å². The second-order valence-electron chi connectivity index (χ2n) is 9.89. The number of benzene rings is 2. The Morgan fingerprint density at radius 2 is 1.78 bits per heavy atom. The molecule has 1 aliphatic carbocycles. The van der Waals surface area contributed by atoms with Crippen molar-refractivity contribution in [3.63, 3.8) is 0 Å². The molecule has 1 amide bonds. The average molecular weight is 493 g/mol. The number of piperidine rings is 1. The molecule has 194 valence electrons. The van der Waals surface area contributed by atoms with Gasteiger partial charge in [0.15, 0.2) is 11.5 Å². The van der Waals surface area contributed by atoms with Gasteiger partial charge in [0.2, 0.25) is 5.91 Å². The van der Waals surface area contributed by atoms with Gasteiger partial charge in [0.25, 0.3) is 0 Å². The molecule has 2 aromatic rings. The predicted molar refractivity (Wildman–Crippen MR) is 145 cm³/mol. The number of hydrogen-bond acceptors (Lipinski definition) is 5. The van der Waals surface area contributed by atoms with Crippen LogP contribution in [0, 0.1) is 5.92 Å². The van der Waals surface area contributed by atoms with Crippen molar-refractivity contribution >= 4 is 17.7 Å². The topological polar surface area (TPSA) is 62.2 Å². The van der Waals surface area contributed by atoms with E-state index in [1.165, 1.54) is 5.69 Å². The summed E-state index contributed by atoms with van der Waals surface area (Å²) in [5, 5.41) is 11.6. The number of nitrogens with zero attached hydrogens (tertiary/aromatic N) is 2. The summed E-state index contributed by atoms with van der Waals surface area (Å²) in [6.45, 7) is 6.77. The maximum absolute atomic E-state index is 13.6. The molecule has 1 N–H and O–H groups in total. The van der Waals surface area contributed by atoms with Crippen molar-refractivity contribution in [2.75, 3.05) is 38.8 Å². The average Bonchev–Trinajstić information content (AvgIpc) is 2.91. The number of carbonyl (C=O) groups is 1. The molecule has 36 heavy (non-hydrogen) atoms. The lowest BCUT2D eigenvalue weighted by atomic mass is 9.66. The minimum Gasteiger partial charge on any atom is -0.493 e. The molecular formula is C30H40N2O4. The molecular weight excluding hydrogens is 452 g/mol. The number of hydrogen-bond donors (Lipinski definition) is 1. The fourth-order valence-electron chi connectivity index (χ4n) is 6.03. The Morgan fingerprint density at radius 1 is 1.06 bits per heavy atom. The molecule has 2 fully saturated rings. The van der Waals surface area contributed by atoms with Gasteiger partial charge in [-0.15, -0.1) is 0 Å². The zero-order valence-electron chi connectivity index (χ0n) is 22.1. The Kier molecular flexibility index (Phi) is 8.24. The first-order valence-corrected chi connectivity index (χ1v) is 13.2. The summed E-state index contributed by atoms with van der Waals surface area (Å²) >= 11 is 0. The smallest absolute Gasteiger partial charge is 0.247 e. The fourth-order valence-corrected chi connectivity index (χ4v) is 6.03. The van der Waals surface area contributed by atoms with Gasteiger partial charge in [0.1, 0.15) is 0 Å². The highest BCUT2D eigenvalue weighted by molar-refractivity contribution is 5.92. The van der Waals surface area contributed by atoms with Gasteiger partial charge in [0, 0.05) is 37.3 Å². The van der Waals surface area contributed by atoms with Crippen LogP contribution in [0.2, 0.25) is 0 Å². The number of likely N-dealkylation sites (tertiary alicyclic amines) is 1. The van der Waals surface area contributed by atoms with Gasteiger partial charge < -0.3 is 24.4 Å². The van der Waals surface area contributed by atoms with Crippen molar-refractivity contribution in [1.29, 1.82) is 0 Å². The molecule has 1 heterocycles. The summed E-state index contributed by atoms with van der Waals surface area (Å²) in [4.78, 5) is 17.9. The number of anilines is 1. The minimum atomic E-state index is -0.704. The van der Waals surface area contributed by atoms with Gasteiger partial charge in [0.05, 0.1) is 25.9 Å². The van der Waals surface area contributed by atoms with Crippen LogP contribution in [0.1, 0.15) is 63.1 Å². The van der Waals surface area contributed by atoms with E-state index in [1.807, 2.05) is 29.2 Å². The van der Waals surface area contributed by atoms with Crippen LogP contribution in [0.25, 0.3) is 6.08 Å². The van der Waals surface area contributed by atoms with Crippen LogP contribution in [0.3, 0.4) is 0 Å². The quantitative estimate of drug-likeness (QED) is 0.496. The van der Waals surface area contributed by atoms with Crippen molar-refractivity contribution in [2.45, 2.75) is 57.6 Å². The third kappa shape index (κ3) is 5.24. The molecule has 6 nitrogen and oxygen atoms in total. The van der Waals surface area contributed by atoms with Crippen molar-refractivity contribution in [3.05, 3.63) is 59.7 Å². The summed E-state index contributed by atoms with van der Waals surface area (Å²) in [6, 6.07) is 14.1. The maximum atomic E-state index is 13.6. The van der Waals surface area contributed by atoms with Gasteiger partial charge in [-0.2, -0.15) is 0 Å². The molecule has 0 spiro atoms. The summed E-state index contributed by atoms with van der Waals surface area (Å²) in [7, 11) is 3.21. The van der Waals surface area contributed by atoms with Gasteiger partial charge in [-0.3, -0.25) is 4.79 Å². The van der Waals surface area contributed by atoms with E-state index < -0.39 is 5.60 Å². The van der Waals surface area contributed by atoms with E-state index in [0.29, 0.717) is 24.5 Å². The first kappa shape index (κ1) is 26.1. The largest absolute Gasteiger partial charge is 0.493 e. The van der Waals surface area contributed by atoms with Crippen LogP contribution < -0.4 is 14.4 Å². The molecule has 6 heteroatoms. The van der Waals surface area contributed by atoms with Crippen LogP contribution in [0.15, 0.2) is 48.5 Å². The van der Waals surface area contributed by atoms with Crippen LogP contribution in [0.5, 0.6) is 11.5 Å². The van der Waals surface area contributed by atoms with Crippen LogP contribution >= 0.6 is 0 Å². The lowest BCUT2D eigenvalue weighted by Gasteiger charge is -2.52. The molecule has 1 aliphatic heterocycles. The summed E-state index contributed by atoms with van der Waals surface area (Å²) in [5.74, 6) is 1.29. The minimum absolute atomic E-state index is 0.0322. The zero-order valence-corrected chi connectivity index (χ0v) is 22.1. The van der Waals surface area contributed by atoms with Crippen LogP contribution in [-0.2, 0) is 4.79 Å². The Morgan fingerprint density at radius 3 is 2.44 bits per heavy atom. The van der Waals surface area contributed by atoms with Gasteiger partial charge in [-0.05, 0) is 74.6 Å². The van der Waals surface area contributed by atoms with Crippen molar-refractivity contribution in [1.82, 2.24) is 4.90 Å². The standard InChI is InChI=1S/C30H40N2O4/c1-5-31(6-2)24-14-12-23(13-15-24)29-25-9-7-8-18-30(25,34)19-20-32(29)28(33)17-11-22-10-16-26(35-3)27(21-22)36-4/h10-17,21,25,29,34H,5-9,18-20H2,1-4H3/b17-11+/t25-,29+,30+/m0/s1. The highest BCUT2D eigenvalue weighted by Crippen LogP contribution is 2.49. The van der Waals surface area contributed by atoms with Crippen molar-refractivity contribution in [2.24, 2.45) is 5.92 Å². The second kappa shape index (κ2) is 11.4. The van der Waals surface area contributed by atoms with E-state index in [1.54, 1.807) is 20.3 Å². The molecule has 3 atom stereocenters. The molecule has 0 unspecified atom stereocenters. The van der Waals surface area contributed by atoms with Gasteiger partial charge in [-0.25, -0.2) is 0 Å². The lowest BCUT2D eigenvalue weighted by Crippen LogP contribution is -2.56. The number of fused-ring (bicyclic) bond motifs is 1. The molecule has 4 rings (SSSR count). The Labute approximate surface area is 215 Å². The second-order valence-corrected chi connectivity index (χ2v) is 9.89. The SMILES string of the molecule is CCN(CC)c1ccc([C@@H]2[C@@H]3CCCC[C@@]3(O)CCN2C(=O)/C=C/c2ccc(OC)c(OC)c2)cc1. The van der Waals surface area contributed by atoms with E-state index in [9.17, 15) is 9.90 Å². The Hall–Kier alpha value is -2.99. The van der Waals surface area contributed by atoms with Crippen molar-refractivity contribution < 1.29 is 19.4 Å². The van der Waals surface area contributed by atoms with Crippen LogP contribution in [0.4, 0.5) is 5.69 Å². The Balaban J connectivity index is 1.63. The number of carbonyl (C=O) groups excluding carboxylic acids is 1. The number of ether oxygens (including phenoxy) is 2. The monoisotopic (exact) mass is 492 g/mol. The molecule has 0 aromatic heterocycles. The molecule has 2 aliphatic rings. The zero-order chi connectivity index (χ0) is 25.7. The first-order chi connectivity index (χ1) is 17.4. The number of amides is 1. The summed E-state index contributed by atoms with van der Waals surface area (Å²) in [5.41, 5.74) is 2.45. The number of rotatable bonds is 8. The molecule has 1 saturated heterocycles. The lowest BCUT2D eigenvalue weighted by molar-refractivity contribution is -0.150. The van der Waals surface area contributed by atoms with Crippen LogP contribution in [-0.4, -0.2) is 55.4 Å². The highest BCUT2D eigenvalue weighted by atomic mass is 16.5. The highest BCUT2D eigenvalue weighted by Gasteiger charge is 2.49. The summed E-state index contributed by atoms with van der Waals surface area (Å²) in [6.07, 6.45) is 7.98. The fraction of sp³-hybridized carbons (Fsp3) is 0.500. The first-order valence-electron chi connectivity index (χ1n) is 13.2. The van der Waals surface area contributed by atoms with E-state index in [2.05, 4.69) is 43.0 Å².